The number of hydrogen-bond acceptors (Lipinski definition) is 3. The Hall–Kier alpha value is -0.800. The Morgan fingerprint density at radius 2 is 2.06 bits per heavy atom. The fourth-order valence-electron chi connectivity index (χ4n) is 2.01. The Morgan fingerprint density at radius 1 is 1.38 bits per heavy atom. The van der Waals surface area contributed by atoms with E-state index >= 15 is 0 Å². The molecule has 0 saturated carbocycles. The highest BCUT2D eigenvalue weighted by atomic mass is 16.3. The van der Waals surface area contributed by atoms with Crippen molar-refractivity contribution < 1.29 is 4.42 Å². The lowest BCUT2D eigenvalue weighted by molar-refractivity contribution is 0.174. The van der Waals surface area contributed by atoms with Crippen molar-refractivity contribution in [3.05, 3.63) is 24.2 Å². The van der Waals surface area contributed by atoms with Crippen molar-refractivity contribution in [2.45, 2.75) is 27.2 Å². The van der Waals surface area contributed by atoms with Crippen LogP contribution in [0.2, 0.25) is 0 Å². The average Bonchev–Trinajstić information content (AvgIpc) is 2.78. The molecule has 1 unspecified atom stereocenters. The minimum absolute atomic E-state index is 0.101. The molecule has 1 heterocycles. The summed E-state index contributed by atoms with van der Waals surface area (Å²) in [5, 5.41) is 0. The maximum atomic E-state index is 5.91. The van der Waals surface area contributed by atoms with Crippen LogP contribution in [-0.2, 0) is 6.42 Å². The van der Waals surface area contributed by atoms with E-state index in [0.717, 1.165) is 31.8 Å². The first-order chi connectivity index (χ1) is 7.63. The molecular formula is C13H24N2O. The molecule has 0 saturated heterocycles. The van der Waals surface area contributed by atoms with Gasteiger partial charge in [0.15, 0.2) is 0 Å². The molecule has 0 aliphatic carbocycles. The zero-order valence-corrected chi connectivity index (χ0v) is 10.7. The van der Waals surface area contributed by atoms with Crippen molar-refractivity contribution in [3.8, 4) is 0 Å². The molecule has 2 N–H and O–H groups in total. The van der Waals surface area contributed by atoms with Gasteiger partial charge in [-0.1, -0.05) is 20.8 Å². The average molecular weight is 224 g/mol. The maximum Gasteiger partial charge on any atom is 0.104 e. The first-order valence-electron chi connectivity index (χ1n) is 6.08. The highest BCUT2D eigenvalue weighted by molar-refractivity contribution is 5.02. The van der Waals surface area contributed by atoms with Crippen LogP contribution in [0.25, 0.3) is 0 Å². The summed E-state index contributed by atoms with van der Waals surface area (Å²) in [5.41, 5.74) is 6.01. The third kappa shape index (κ3) is 3.65. The third-order valence-electron chi connectivity index (χ3n) is 3.17. The van der Waals surface area contributed by atoms with Crippen molar-refractivity contribution in [3.63, 3.8) is 0 Å². The SMILES string of the molecule is CCN(CC)CC(C)(CN)Cc1ccco1. The van der Waals surface area contributed by atoms with Crippen LogP contribution in [0.5, 0.6) is 0 Å². The summed E-state index contributed by atoms with van der Waals surface area (Å²) in [4.78, 5) is 2.41. The highest BCUT2D eigenvalue weighted by Crippen LogP contribution is 2.23. The van der Waals surface area contributed by atoms with Gasteiger partial charge in [0.2, 0.25) is 0 Å². The monoisotopic (exact) mass is 224 g/mol. The molecule has 0 fully saturated rings. The minimum Gasteiger partial charge on any atom is -0.469 e. The lowest BCUT2D eigenvalue weighted by Crippen LogP contribution is -2.42. The molecule has 0 bridgehead atoms. The van der Waals surface area contributed by atoms with E-state index in [1.54, 1.807) is 6.26 Å². The summed E-state index contributed by atoms with van der Waals surface area (Å²) in [5.74, 6) is 1.03. The molecule has 0 aliphatic rings. The fraction of sp³-hybridized carbons (Fsp3) is 0.692. The van der Waals surface area contributed by atoms with Crippen LogP contribution in [-0.4, -0.2) is 31.1 Å². The number of nitrogens with two attached hydrogens (primary N) is 1. The van der Waals surface area contributed by atoms with Crippen LogP contribution in [0.3, 0.4) is 0 Å². The number of rotatable bonds is 7. The molecule has 1 aromatic rings. The Balaban J connectivity index is 2.62. The molecule has 1 rings (SSSR count). The van der Waals surface area contributed by atoms with E-state index in [2.05, 4.69) is 25.7 Å². The van der Waals surface area contributed by atoms with Crippen LogP contribution < -0.4 is 5.73 Å². The summed E-state index contributed by atoms with van der Waals surface area (Å²) in [6.07, 6.45) is 2.64. The first-order valence-corrected chi connectivity index (χ1v) is 6.08. The van der Waals surface area contributed by atoms with Crippen molar-refractivity contribution in [2.75, 3.05) is 26.2 Å². The molecule has 0 aliphatic heterocycles. The van der Waals surface area contributed by atoms with E-state index in [-0.39, 0.29) is 5.41 Å². The van der Waals surface area contributed by atoms with Gasteiger partial charge in [-0.2, -0.15) is 0 Å². The Labute approximate surface area is 98.6 Å². The number of hydrogen-bond donors (Lipinski definition) is 1. The molecule has 0 aromatic carbocycles. The van der Waals surface area contributed by atoms with Crippen molar-refractivity contribution in [1.82, 2.24) is 4.90 Å². The predicted molar refractivity (Wildman–Crippen MR) is 67.4 cm³/mol. The van der Waals surface area contributed by atoms with E-state index < -0.39 is 0 Å². The van der Waals surface area contributed by atoms with E-state index in [0.29, 0.717) is 6.54 Å². The topological polar surface area (TPSA) is 42.4 Å². The van der Waals surface area contributed by atoms with Gasteiger partial charge in [0.25, 0.3) is 0 Å². The Morgan fingerprint density at radius 3 is 2.50 bits per heavy atom. The van der Waals surface area contributed by atoms with Gasteiger partial charge in [-0.15, -0.1) is 0 Å². The van der Waals surface area contributed by atoms with Gasteiger partial charge in [-0.25, -0.2) is 0 Å². The first kappa shape index (κ1) is 13.3. The zero-order chi connectivity index (χ0) is 12.0. The second-order valence-corrected chi connectivity index (χ2v) is 4.73. The molecule has 0 radical (unpaired) electrons. The van der Waals surface area contributed by atoms with E-state index in [1.165, 1.54) is 0 Å². The van der Waals surface area contributed by atoms with Gasteiger partial charge in [0, 0.05) is 13.0 Å². The summed E-state index contributed by atoms with van der Waals surface area (Å²) >= 11 is 0. The second kappa shape index (κ2) is 6.06. The van der Waals surface area contributed by atoms with Crippen LogP contribution in [0.1, 0.15) is 26.5 Å². The predicted octanol–water partition coefficient (Wildman–Crippen LogP) is 2.13. The molecule has 3 heteroatoms. The quantitative estimate of drug-likeness (QED) is 0.771. The molecule has 1 aromatic heterocycles. The van der Waals surface area contributed by atoms with E-state index in [1.807, 2.05) is 12.1 Å². The number of nitrogens with zero attached hydrogens (tertiary/aromatic N) is 1. The summed E-state index contributed by atoms with van der Waals surface area (Å²) < 4.78 is 5.41. The number of furan rings is 1. The molecule has 0 amide bonds. The summed E-state index contributed by atoms with van der Waals surface area (Å²) in [6, 6.07) is 3.96. The Kier molecular flexibility index (Phi) is 5.03. The van der Waals surface area contributed by atoms with Gasteiger partial charge in [-0.3, -0.25) is 0 Å². The van der Waals surface area contributed by atoms with E-state index in [9.17, 15) is 0 Å². The van der Waals surface area contributed by atoms with Gasteiger partial charge < -0.3 is 15.1 Å². The molecule has 3 nitrogen and oxygen atoms in total. The van der Waals surface area contributed by atoms with Crippen LogP contribution in [0, 0.1) is 5.41 Å². The fourth-order valence-corrected chi connectivity index (χ4v) is 2.01. The largest absolute Gasteiger partial charge is 0.469 e. The lowest BCUT2D eigenvalue weighted by Gasteiger charge is -2.33. The highest BCUT2D eigenvalue weighted by Gasteiger charge is 2.26. The van der Waals surface area contributed by atoms with Crippen molar-refractivity contribution in [2.24, 2.45) is 11.1 Å². The molecule has 16 heavy (non-hydrogen) atoms. The minimum atomic E-state index is 0.101. The third-order valence-corrected chi connectivity index (χ3v) is 3.17. The lowest BCUT2D eigenvalue weighted by atomic mass is 9.85. The normalized spacial score (nSPS) is 15.3. The van der Waals surface area contributed by atoms with Crippen LogP contribution >= 0.6 is 0 Å². The smallest absolute Gasteiger partial charge is 0.104 e. The molecule has 0 spiro atoms. The Bertz CT molecular complexity index is 280. The maximum absolute atomic E-state index is 5.91. The zero-order valence-electron chi connectivity index (χ0n) is 10.7. The van der Waals surface area contributed by atoms with E-state index in [4.69, 9.17) is 10.2 Å². The van der Waals surface area contributed by atoms with Crippen molar-refractivity contribution >= 4 is 0 Å². The van der Waals surface area contributed by atoms with Crippen molar-refractivity contribution in [1.29, 1.82) is 0 Å². The second-order valence-electron chi connectivity index (χ2n) is 4.73. The van der Waals surface area contributed by atoms with Gasteiger partial charge in [0.1, 0.15) is 5.76 Å². The molecule has 92 valence electrons. The van der Waals surface area contributed by atoms with Crippen LogP contribution in [0.15, 0.2) is 22.8 Å². The van der Waals surface area contributed by atoms with Crippen LogP contribution in [0.4, 0.5) is 0 Å². The van der Waals surface area contributed by atoms with Gasteiger partial charge in [-0.05, 0) is 37.2 Å². The summed E-state index contributed by atoms with van der Waals surface area (Å²) in [7, 11) is 0. The summed E-state index contributed by atoms with van der Waals surface area (Å²) in [6.45, 7) is 10.5. The molecular weight excluding hydrogens is 200 g/mol. The van der Waals surface area contributed by atoms with Gasteiger partial charge >= 0.3 is 0 Å². The van der Waals surface area contributed by atoms with Gasteiger partial charge in [0.05, 0.1) is 6.26 Å². The molecule has 1 atom stereocenters. The standard InChI is InChI=1S/C13H24N2O/c1-4-15(5-2)11-13(3,10-14)9-12-7-6-8-16-12/h6-8H,4-5,9-11,14H2,1-3H3.